The number of nitrogens with zero attached hydrogens (tertiary/aromatic N) is 2. The maximum Gasteiger partial charge on any atom is 0.267 e. The molecule has 0 unspecified atom stereocenters. The van der Waals surface area contributed by atoms with E-state index in [1.807, 2.05) is 25.1 Å². The van der Waals surface area contributed by atoms with E-state index in [4.69, 9.17) is 9.72 Å². The average molecular weight is 440 g/mol. The second-order valence-corrected chi connectivity index (χ2v) is 8.74. The number of nitrogens with one attached hydrogen (secondary N) is 1. The first-order chi connectivity index (χ1) is 14.5. The molecule has 1 N–H and O–H groups in total. The first-order valence-corrected chi connectivity index (χ1v) is 11.3. The number of hydrogen-bond acceptors (Lipinski definition) is 6. The zero-order valence-corrected chi connectivity index (χ0v) is 18.5. The standard InChI is InChI=1S/C22H21N3O3S2/c1-4-18-13(2)19-20(30-18)24-22(29-12-17(26)16-9-6-10-23-16)25(21(19)27)14-7-5-8-15(11-14)28-3/h5-11,23H,4,12H2,1-3H3. The predicted molar refractivity (Wildman–Crippen MR) is 122 cm³/mol. The van der Waals surface area contributed by atoms with E-state index in [1.165, 1.54) is 11.8 Å². The summed E-state index contributed by atoms with van der Waals surface area (Å²) in [5.74, 6) is 0.773. The summed E-state index contributed by atoms with van der Waals surface area (Å²) in [7, 11) is 1.59. The Balaban J connectivity index is 1.86. The zero-order chi connectivity index (χ0) is 21.3. The van der Waals surface area contributed by atoms with Crippen molar-refractivity contribution in [2.75, 3.05) is 12.9 Å². The maximum absolute atomic E-state index is 13.6. The van der Waals surface area contributed by atoms with Gasteiger partial charge in [-0.05, 0) is 43.2 Å². The molecule has 0 radical (unpaired) electrons. The summed E-state index contributed by atoms with van der Waals surface area (Å²) < 4.78 is 6.92. The number of carbonyl (C=O) groups is 1. The van der Waals surface area contributed by atoms with Crippen LogP contribution in [-0.2, 0) is 6.42 Å². The monoisotopic (exact) mass is 439 g/mol. The number of thioether (sulfide) groups is 1. The summed E-state index contributed by atoms with van der Waals surface area (Å²) in [6.45, 7) is 4.04. The Morgan fingerprint density at radius 3 is 2.83 bits per heavy atom. The Labute approximate surface area is 181 Å². The van der Waals surface area contributed by atoms with Crippen LogP contribution in [-0.4, -0.2) is 33.2 Å². The topological polar surface area (TPSA) is 77.0 Å². The van der Waals surface area contributed by atoms with Crippen molar-refractivity contribution >= 4 is 39.1 Å². The summed E-state index contributed by atoms with van der Waals surface area (Å²) in [5.41, 5.74) is 2.05. The molecular formula is C22H21N3O3S2. The lowest BCUT2D eigenvalue weighted by Crippen LogP contribution is -2.22. The van der Waals surface area contributed by atoms with E-state index in [0.29, 0.717) is 32.5 Å². The van der Waals surface area contributed by atoms with Crippen molar-refractivity contribution in [3.8, 4) is 11.4 Å². The van der Waals surface area contributed by atoms with Crippen LogP contribution in [0.1, 0.15) is 27.9 Å². The molecule has 0 aliphatic heterocycles. The molecule has 154 valence electrons. The third-order valence-corrected chi connectivity index (χ3v) is 7.16. The Hall–Kier alpha value is -2.84. The molecule has 3 heterocycles. The maximum atomic E-state index is 13.6. The normalized spacial score (nSPS) is 11.2. The van der Waals surface area contributed by atoms with Crippen LogP contribution in [0.4, 0.5) is 0 Å². The zero-order valence-electron chi connectivity index (χ0n) is 16.9. The molecular weight excluding hydrogens is 418 g/mol. The number of aromatic nitrogens is 3. The van der Waals surface area contributed by atoms with Crippen LogP contribution in [0.3, 0.4) is 0 Å². The van der Waals surface area contributed by atoms with E-state index in [9.17, 15) is 9.59 Å². The lowest BCUT2D eigenvalue weighted by molar-refractivity contribution is 0.101. The number of hydrogen-bond donors (Lipinski definition) is 1. The third kappa shape index (κ3) is 3.68. The van der Waals surface area contributed by atoms with Crippen molar-refractivity contribution in [2.24, 2.45) is 0 Å². The Bertz CT molecular complexity index is 1270. The molecule has 0 bridgehead atoms. The quantitative estimate of drug-likeness (QED) is 0.258. The third-order valence-electron chi connectivity index (χ3n) is 4.90. The summed E-state index contributed by atoms with van der Waals surface area (Å²) in [6, 6.07) is 10.8. The highest BCUT2D eigenvalue weighted by Gasteiger charge is 2.20. The van der Waals surface area contributed by atoms with Gasteiger partial charge in [-0.1, -0.05) is 24.8 Å². The lowest BCUT2D eigenvalue weighted by atomic mass is 10.2. The minimum atomic E-state index is -0.128. The fourth-order valence-electron chi connectivity index (χ4n) is 3.33. The van der Waals surface area contributed by atoms with Crippen molar-refractivity contribution in [1.29, 1.82) is 0 Å². The SMILES string of the molecule is CCc1sc2nc(SCC(=O)c3ccc[nH]3)n(-c3cccc(OC)c3)c(=O)c2c1C. The van der Waals surface area contributed by atoms with E-state index in [-0.39, 0.29) is 17.1 Å². The molecule has 0 saturated carbocycles. The van der Waals surface area contributed by atoms with Crippen molar-refractivity contribution < 1.29 is 9.53 Å². The molecule has 0 aliphatic rings. The first-order valence-electron chi connectivity index (χ1n) is 9.52. The van der Waals surface area contributed by atoms with E-state index in [1.54, 1.807) is 47.4 Å². The molecule has 8 heteroatoms. The van der Waals surface area contributed by atoms with Gasteiger partial charge in [0.15, 0.2) is 10.9 Å². The molecule has 3 aromatic heterocycles. The molecule has 30 heavy (non-hydrogen) atoms. The summed E-state index contributed by atoms with van der Waals surface area (Å²) in [4.78, 5) is 35.6. The molecule has 1 aromatic carbocycles. The Morgan fingerprint density at radius 1 is 1.30 bits per heavy atom. The van der Waals surface area contributed by atoms with Crippen molar-refractivity contribution in [1.82, 2.24) is 14.5 Å². The molecule has 0 spiro atoms. The van der Waals surface area contributed by atoms with Crippen molar-refractivity contribution in [2.45, 2.75) is 25.4 Å². The Morgan fingerprint density at radius 2 is 2.13 bits per heavy atom. The molecule has 0 fully saturated rings. The van der Waals surface area contributed by atoms with Crippen LogP contribution in [0.2, 0.25) is 0 Å². The number of ether oxygens (including phenoxy) is 1. The number of aryl methyl sites for hydroxylation is 2. The average Bonchev–Trinajstić information content (AvgIpc) is 3.40. The van der Waals surface area contributed by atoms with Crippen LogP contribution in [0.25, 0.3) is 15.9 Å². The van der Waals surface area contributed by atoms with Gasteiger partial charge in [0.05, 0.1) is 29.6 Å². The van der Waals surface area contributed by atoms with Crippen LogP contribution in [0.15, 0.2) is 52.5 Å². The van der Waals surface area contributed by atoms with Gasteiger partial charge in [0.25, 0.3) is 5.56 Å². The van der Waals surface area contributed by atoms with E-state index < -0.39 is 0 Å². The van der Waals surface area contributed by atoms with Crippen LogP contribution >= 0.6 is 23.1 Å². The van der Waals surface area contributed by atoms with Crippen molar-refractivity contribution in [3.63, 3.8) is 0 Å². The lowest BCUT2D eigenvalue weighted by Gasteiger charge is -2.13. The number of ketones is 1. The summed E-state index contributed by atoms with van der Waals surface area (Å²) in [5, 5.41) is 1.13. The van der Waals surface area contributed by atoms with Gasteiger partial charge < -0.3 is 9.72 Å². The second kappa shape index (κ2) is 8.49. The molecule has 4 rings (SSSR count). The highest BCUT2D eigenvalue weighted by Crippen LogP contribution is 2.31. The molecule has 0 saturated heterocycles. The Kier molecular flexibility index (Phi) is 5.78. The molecule has 4 aromatic rings. The molecule has 0 amide bonds. The highest BCUT2D eigenvalue weighted by molar-refractivity contribution is 7.99. The van der Waals surface area contributed by atoms with Gasteiger partial charge in [0.2, 0.25) is 0 Å². The minimum absolute atomic E-state index is 0.0480. The van der Waals surface area contributed by atoms with Gasteiger partial charge in [0, 0.05) is 17.1 Å². The number of rotatable bonds is 7. The van der Waals surface area contributed by atoms with Crippen LogP contribution in [0.5, 0.6) is 5.75 Å². The van der Waals surface area contributed by atoms with Gasteiger partial charge in [-0.3, -0.25) is 14.2 Å². The van der Waals surface area contributed by atoms with E-state index in [2.05, 4.69) is 11.9 Å². The number of Topliss-reactive ketones (excluding diaryl/α,β-unsaturated/α-hetero) is 1. The fourth-order valence-corrected chi connectivity index (χ4v) is 5.39. The van der Waals surface area contributed by atoms with Crippen LogP contribution in [0, 0.1) is 6.92 Å². The number of aromatic amines is 1. The molecule has 6 nitrogen and oxygen atoms in total. The van der Waals surface area contributed by atoms with E-state index >= 15 is 0 Å². The second-order valence-electron chi connectivity index (χ2n) is 6.72. The van der Waals surface area contributed by atoms with Gasteiger partial charge in [-0.15, -0.1) is 11.3 Å². The number of methoxy groups -OCH3 is 1. The number of benzene rings is 1. The number of thiophene rings is 1. The smallest absolute Gasteiger partial charge is 0.267 e. The highest BCUT2D eigenvalue weighted by atomic mass is 32.2. The van der Waals surface area contributed by atoms with E-state index in [0.717, 1.165) is 16.9 Å². The predicted octanol–water partition coefficient (Wildman–Crippen LogP) is 4.63. The molecule has 0 aliphatic carbocycles. The van der Waals surface area contributed by atoms with Gasteiger partial charge in [-0.2, -0.15) is 0 Å². The number of fused-ring (bicyclic) bond motifs is 1. The number of H-pyrrole nitrogens is 1. The fraction of sp³-hybridized carbons (Fsp3) is 0.227. The van der Waals surface area contributed by atoms with Gasteiger partial charge >= 0.3 is 0 Å². The summed E-state index contributed by atoms with van der Waals surface area (Å²) in [6.07, 6.45) is 2.56. The number of carbonyl (C=O) groups excluding carboxylic acids is 1. The van der Waals surface area contributed by atoms with Crippen molar-refractivity contribution in [3.05, 3.63) is 69.1 Å². The largest absolute Gasteiger partial charge is 0.497 e. The first kappa shape index (κ1) is 20.4. The van der Waals surface area contributed by atoms with Gasteiger partial charge in [-0.25, -0.2) is 4.98 Å². The molecule has 0 atom stereocenters. The minimum Gasteiger partial charge on any atom is -0.497 e. The van der Waals surface area contributed by atoms with Gasteiger partial charge in [0.1, 0.15) is 10.6 Å². The summed E-state index contributed by atoms with van der Waals surface area (Å²) >= 11 is 2.80. The van der Waals surface area contributed by atoms with Crippen LogP contribution < -0.4 is 10.3 Å².